The standard InChI is InChI=1S/C18H18BrNO2/c19-13-18(11-6-12-21)15-9-4-5-10-16(15)20-17(22-18)14-7-2-1-3-8-14/h1-5,7-10,21H,6,11-13H2/t18-/m0/s1. The molecule has 3 nitrogen and oxygen atoms in total. The van der Waals surface area contributed by atoms with Crippen molar-refractivity contribution in [1.82, 2.24) is 0 Å². The first-order valence-electron chi connectivity index (χ1n) is 7.38. The predicted molar refractivity (Wildman–Crippen MR) is 92.0 cm³/mol. The van der Waals surface area contributed by atoms with E-state index in [1.165, 1.54) is 0 Å². The van der Waals surface area contributed by atoms with E-state index in [2.05, 4.69) is 27.0 Å². The van der Waals surface area contributed by atoms with Crippen LogP contribution in [0, 0.1) is 0 Å². The summed E-state index contributed by atoms with van der Waals surface area (Å²) in [6.07, 6.45) is 1.42. The van der Waals surface area contributed by atoms with E-state index >= 15 is 0 Å². The number of nitrogens with zero attached hydrogens (tertiary/aromatic N) is 1. The molecule has 0 aromatic heterocycles. The van der Waals surface area contributed by atoms with Crippen molar-refractivity contribution in [3.05, 3.63) is 65.7 Å². The number of aliphatic imine (C=N–C) groups is 1. The highest BCUT2D eigenvalue weighted by molar-refractivity contribution is 9.09. The Morgan fingerprint density at radius 3 is 2.50 bits per heavy atom. The molecule has 22 heavy (non-hydrogen) atoms. The van der Waals surface area contributed by atoms with Gasteiger partial charge in [-0.3, -0.25) is 0 Å². The van der Waals surface area contributed by atoms with Gasteiger partial charge in [0, 0.05) is 23.1 Å². The summed E-state index contributed by atoms with van der Waals surface area (Å²) >= 11 is 3.61. The van der Waals surface area contributed by atoms with Gasteiger partial charge in [0.15, 0.2) is 0 Å². The largest absolute Gasteiger partial charge is 0.465 e. The van der Waals surface area contributed by atoms with Crippen molar-refractivity contribution in [1.29, 1.82) is 0 Å². The molecule has 0 amide bonds. The van der Waals surface area contributed by atoms with E-state index in [9.17, 15) is 5.11 Å². The van der Waals surface area contributed by atoms with Gasteiger partial charge in [0.2, 0.25) is 5.90 Å². The maximum Gasteiger partial charge on any atom is 0.222 e. The van der Waals surface area contributed by atoms with E-state index in [1.807, 2.05) is 48.5 Å². The fourth-order valence-corrected chi connectivity index (χ4v) is 3.45. The summed E-state index contributed by atoms with van der Waals surface area (Å²) in [6.45, 7) is 0.151. The number of halogens is 1. The smallest absolute Gasteiger partial charge is 0.222 e. The second kappa shape index (κ2) is 6.63. The topological polar surface area (TPSA) is 41.8 Å². The van der Waals surface area contributed by atoms with E-state index in [1.54, 1.807) is 0 Å². The first-order chi connectivity index (χ1) is 10.8. The van der Waals surface area contributed by atoms with Gasteiger partial charge in [-0.2, -0.15) is 0 Å². The van der Waals surface area contributed by atoms with E-state index in [4.69, 9.17) is 4.74 Å². The number of alkyl halides is 1. The van der Waals surface area contributed by atoms with Crippen molar-refractivity contribution in [3.8, 4) is 0 Å². The van der Waals surface area contributed by atoms with Crippen LogP contribution in [-0.2, 0) is 10.3 Å². The number of hydrogen-bond donors (Lipinski definition) is 1. The molecule has 1 N–H and O–H groups in total. The molecule has 1 heterocycles. The maximum atomic E-state index is 9.24. The van der Waals surface area contributed by atoms with Crippen LogP contribution in [0.15, 0.2) is 59.6 Å². The van der Waals surface area contributed by atoms with Crippen LogP contribution in [0.3, 0.4) is 0 Å². The number of ether oxygens (including phenoxy) is 1. The molecule has 0 saturated heterocycles. The third-order valence-electron chi connectivity index (χ3n) is 3.88. The number of benzene rings is 2. The Balaban J connectivity index is 2.08. The lowest BCUT2D eigenvalue weighted by Crippen LogP contribution is -2.37. The van der Waals surface area contributed by atoms with Crippen LogP contribution < -0.4 is 0 Å². The molecule has 0 bridgehead atoms. The third-order valence-corrected chi connectivity index (χ3v) is 4.79. The van der Waals surface area contributed by atoms with Gasteiger partial charge in [-0.15, -0.1) is 0 Å². The molecule has 0 radical (unpaired) electrons. The van der Waals surface area contributed by atoms with Crippen LogP contribution in [0.4, 0.5) is 5.69 Å². The summed E-state index contributed by atoms with van der Waals surface area (Å²) in [5, 5.41) is 9.89. The second-order valence-electron chi connectivity index (χ2n) is 5.36. The lowest BCUT2D eigenvalue weighted by molar-refractivity contribution is 0.0589. The fraction of sp³-hybridized carbons (Fsp3) is 0.278. The number of aliphatic hydroxyl groups excluding tert-OH is 1. The minimum Gasteiger partial charge on any atom is -0.465 e. The Kier molecular flexibility index (Phi) is 4.60. The Labute approximate surface area is 138 Å². The highest BCUT2D eigenvalue weighted by Crippen LogP contribution is 2.42. The molecule has 0 spiro atoms. The molecular formula is C18H18BrNO2. The summed E-state index contributed by atoms with van der Waals surface area (Å²) in [4.78, 5) is 4.68. The van der Waals surface area contributed by atoms with Crippen LogP contribution >= 0.6 is 15.9 Å². The highest BCUT2D eigenvalue weighted by atomic mass is 79.9. The Hall–Kier alpha value is -1.65. The molecule has 2 aromatic rings. The normalized spacial score (nSPS) is 20.0. The van der Waals surface area contributed by atoms with Gasteiger partial charge in [-0.1, -0.05) is 52.3 Å². The summed E-state index contributed by atoms with van der Waals surface area (Å²) in [5.74, 6) is 0.636. The first-order valence-corrected chi connectivity index (χ1v) is 8.51. The van der Waals surface area contributed by atoms with Crippen molar-refractivity contribution in [2.24, 2.45) is 4.99 Å². The number of aliphatic hydroxyl groups is 1. The molecule has 4 heteroatoms. The Morgan fingerprint density at radius 2 is 1.77 bits per heavy atom. The van der Waals surface area contributed by atoms with Gasteiger partial charge in [-0.05, 0) is 31.0 Å². The summed E-state index contributed by atoms with van der Waals surface area (Å²) < 4.78 is 6.33. The maximum absolute atomic E-state index is 9.24. The lowest BCUT2D eigenvalue weighted by Gasteiger charge is -2.37. The molecule has 0 aliphatic carbocycles. The van der Waals surface area contributed by atoms with E-state index < -0.39 is 5.60 Å². The van der Waals surface area contributed by atoms with Crippen molar-refractivity contribution in [2.75, 3.05) is 11.9 Å². The van der Waals surface area contributed by atoms with Gasteiger partial charge < -0.3 is 9.84 Å². The quantitative estimate of drug-likeness (QED) is 0.814. The Bertz CT molecular complexity index is 672. The van der Waals surface area contributed by atoms with Crippen molar-refractivity contribution >= 4 is 27.5 Å². The van der Waals surface area contributed by atoms with Crippen molar-refractivity contribution in [2.45, 2.75) is 18.4 Å². The van der Waals surface area contributed by atoms with Gasteiger partial charge >= 0.3 is 0 Å². The zero-order valence-corrected chi connectivity index (χ0v) is 13.8. The molecule has 1 atom stereocenters. The van der Waals surface area contributed by atoms with Crippen LogP contribution in [0.1, 0.15) is 24.0 Å². The molecule has 0 saturated carbocycles. The molecule has 0 fully saturated rings. The van der Waals surface area contributed by atoms with Gasteiger partial charge in [0.05, 0.1) is 5.69 Å². The monoisotopic (exact) mass is 359 g/mol. The van der Waals surface area contributed by atoms with E-state index in [0.29, 0.717) is 17.6 Å². The molecular weight excluding hydrogens is 342 g/mol. The summed E-state index contributed by atoms with van der Waals surface area (Å²) in [6, 6.07) is 18.0. The minimum atomic E-state index is -0.494. The molecule has 1 aliphatic rings. The minimum absolute atomic E-state index is 0.151. The SMILES string of the molecule is OCCC[C@@]1(CBr)OC(c2ccccc2)=Nc2ccccc21. The van der Waals surface area contributed by atoms with Crippen molar-refractivity contribution < 1.29 is 9.84 Å². The average Bonchev–Trinajstić information content (AvgIpc) is 2.60. The van der Waals surface area contributed by atoms with Crippen molar-refractivity contribution in [3.63, 3.8) is 0 Å². The van der Waals surface area contributed by atoms with Gasteiger partial charge in [0.25, 0.3) is 0 Å². The van der Waals surface area contributed by atoms with Crippen LogP contribution in [0.2, 0.25) is 0 Å². The molecule has 1 aliphatic heterocycles. The van der Waals surface area contributed by atoms with Gasteiger partial charge in [-0.25, -0.2) is 4.99 Å². The summed E-state index contributed by atoms with van der Waals surface area (Å²) in [5.41, 5.74) is 2.48. The van der Waals surface area contributed by atoms with E-state index in [0.717, 1.165) is 23.2 Å². The van der Waals surface area contributed by atoms with Gasteiger partial charge in [0.1, 0.15) is 5.60 Å². The molecule has 2 aromatic carbocycles. The number of para-hydroxylation sites is 1. The lowest BCUT2D eigenvalue weighted by atomic mass is 9.88. The zero-order valence-electron chi connectivity index (χ0n) is 12.2. The number of rotatable bonds is 5. The predicted octanol–water partition coefficient (Wildman–Crippen LogP) is 4.16. The molecule has 114 valence electrons. The first kappa shape index (κ1) is 15.3. The summed E-state index contributed by atoms with van der Waals surface area (Å²) in [7, 11) is 0. The average molecular weight is 360 g/mol. The zero-order chi connectivity index (χ0) is 15.4. The molecule has 0 unspecified atom stereocenters. The third kappa shape index (κ3) is 2.81. The van der Waals surface area contributed by atoms with Crippen LogP contribution in [0.5, 0.6) is 0 Å². The van der Waals surface area contributed by atoms with Crippen LogP contribution in [0.25, 0.3) is 0 Å². The number of fused-ring (bicyclic) bond motifs is 1. The van der Waals surface area contributed by atoms with Crippen LogP contribution in [-0.4, -0.2) is 22.9 Å². The Morgan fingerprint density at radius 1 is 1.05 bits per heavy atom. The van der Waals surface area contributed by atoms with E-state index in [-0.39, 0.29) is 6.61 Å². The number of hydrogen-bond acceptors (Lipinski definition) is 3. The second-order valence-corrected chi connectivity index (χ2v) is 5.92. The highest BCUT2D eigenvalue weighted by Gasteiger charge is 2.39. The fourth-order valence-electron chi connectivity index (χ4n) is 2.75. The molecule has 3 rings (SSSR count).